The molecule has 0 spiro atoms. The molecule has 0 saturated carbocycles. The Balaban J connectivity index is 1.71. The summed E-state index contributed by atoms with van der Waals surface area (Å²) < 4.78 is 10.4. The molecule has 24 heavy (non-hydrogen) atoms. The number of ether oxygens (including phenoxy) is 2. The molecule has 1 N–H and O–H groups in total. The maximum atomic E-state index is 11.8. The second-order valence-electron chi connectivity index (χ2n) is 5.08. The van der Waals surface area contributed by atoms with Crippen molar-refractivity contribution in [3.63, 3.8) is 0 Å². The van der Waals surface area contributed by atoms with Gasteiger partial charge in [-0.05, 0) is 36.8 Å². The third-order valence-corrected chi connectivity index (χ3v) is 3.39. The molecular weight excluding hydrogens is 330 g/mol. The summed E-state index contributed by atoms with van der Waals surface area (Å²) in [5, 5.41) is 3.25. The summed E-state index contributed by atoms with van der Waals surface area (Å²) in [7, 11) is 0. The number of nitrogens with one attached hydrogen (secondary N) is 1. The molecule has 0 aliphatic carbocycles. The van der Waals surface area contributed by atoms with E-state index in [0.717, 1.165) is 5.56 Å². The lowest BCUT2D eigenvalue weighted by Gasteiger charge is -2.14. The molecule has 1 amide bonds. The summed E-state index contributed by atoms with van der Waals surface area (Å²) in [6, 6.07) is 16.1. The van der Waals surface area contributed by atoms with Gasteiger partial charge in [0.2, 0.25) is 0 Å². The van der Waals surface area contributed by atoms with Crippen LogP contribution in [0.25, 0.3) is 0 Å². The molecule has 2 rings (SSSR count). The Morgan fingerprint density at radius 2 is 1.75 bits per heavy atom. The van der Waals surface area contributed by atoms with Crippen LogP contribution in [0.2, 0.25) is 5.02 Å². The molecule has 126 valence electrons. The first kappa shape index (κ1) is 17.8. The molecule has 2 aromatic carbocycles. The standard InChI is InChI=1S/C18H18ClNO4/c1-13(24-16-9-7-15(19)8-10-16)18(22)23-12-17(21)20-11-14-5-3-2-4-6-14/h2-10,13H,11-12H2,1H3,(H,20,21). The average molecular weight is 348 g/mol. The zero-order valence-electron chi connectivity index (χ0n) is 13.2. The van der Waals surface area contributed by atoms with Crippen molar-refractivity contribution in [2.75, 3.05) is 6.61 Å². The Hall–Kier alpha value is -2.53. The molecule has 2 aromatic rings. The topological polar surface area (TPSA) is 64.6 Å². The summed E-state index contributed by atoms with van der Waals surface area (Å²) in [5.41, 5.74) is 0.969. The van der Waals surface area contributed by atoms with Crippen LogP contribution in [0.15, 0.2) is 54.6 Å². The normalized spacial score (nSPS) is 11.4. The molecule has 0 aromatic heterocycles. The van der Waals surface area contributed by atoms with Gasteiger partial charge in [0.25, 0.3) is 5.91 Å². The second-order valence-corrected chi connectivity index (χ2v) is 5.52. The number of benzene rings is 2. The number of halogens is 1. The molecule has 1 unspecified atom stereocenters. The Morgan fingerprint density at radius 1 is 1.08 bits per heavy atom. The molecule has 0 aliphatic heterocycles. The fourth-order valence-electron chi connectivity index (χ4n) is 1.87. The van der Waals surface area contributed by atoms with Crippen molar-refractivity contribution in [2.24, 2.45) is 0 Å². The van der Waals surface area contributed by atoms with Crippen LogP contribution in [0.1, 0.15) is 12.5 Å². The highest BCUT2D eigenvalue weighted by atomic mass is 35.5. The van der Waals surface area contributed by atoms with Gasteiger partial charge in [-0.15, -0.1) is 0 Å². The zero-order valence-corrected chi connectivity index (χ0v) is 14.0. The summed E-state index contributed by atoms with van der Waals surface area (Å²) in [4.78, 5) is 23.5. The van der Waals surface area contributed by atoms with E-state index in [-0.39, 0.29) is 12.5 Å². The fourth-order valence-corrected chi connectivity index (χ4v) is 1.99. The van der Waals surface area contributed by atoms with Crippen LogP contribution in [0, 0.1) is 0 Å². The van der Waals surface area contributed by atoms with E-state index in [1.54, 1.807) is 31.2 Å². The van der Waals surface area contributed by atoms with Crippen LogP contribution in [-0.4, -0.2) is 24.6 Å². The molecule has 0 saturated heterocycles. The molecule has 6 heteroatoms. The van der Waals surface area contributed by atoms with Crippen LogP contribution in [0.3, 0.4) is 0 Å². The van der Waals surface area contributed by atoms with E-state index >= 15 is 0 Å². The number of hydrogen-bond acceptors (Lipinski definition) is 4. The van der Waals surface area contributed by atoms with Crippen molar-refractivity contribution < 1.29 is 19.1 Å². The molecule has 5 nitrogen and oxygen atoms in total. The van der Waals surface area contributed by atoms with E-state index in [4.69, 9.17) is 21.1 Å². The SMILES string of the molecule is CC(Oc1ccc(Cl)cc1)C(=O)OCC(=O)NCc1ccccc1. The maximum Gasteiger partial charge on any atom is 0.347 e. The van der Waals surface area contributed by atoms with Crippen LogP contribution in [-0.2, 0) is 20.9 Å². The number of carbonyl (C=O) groups is 2. The van der Waals surface area contributed by atoms with Gasteiger partial charge in [-0.3, -0.25) is 4.79 Å². The van der Waals surface area contributed by atoms with Gasteiger partial charge >= 0.3 is 5.97 Å². The van der Waals surface area contributed by atoms with E-state index in [2.05, 4.69) is 5.32 Å². The second kappa shape index (κ2) is 8.93. The zero-order chi connectivity index (χ0) is 17.4. The quantitative estimate of drug-likeness (QED) is 0.782. The molecule has 0 radical (unpaired) electrons. The summed E-state index contributed by atoms with van der Waals surface area (Å²) in [6.45, 7) is 1.59. The highest BCUT2D eigenvalue weighted by Gasteiger charge is 2.17. The van der Waals surface area contributed by atoms with Gasteiger partial charge in [0.15, 0.2) is 12.7 Å². The van der Waals surface area contributed by atoms with Crippen molar-refractivity contribution in [3.05, 3.63) is 65.2 Å². The third kappa shape index (κ3) is 5.93. The van der Waals surface area contributed by atoms with E-state index in [1.807, 2.05) is 30.3 Å². The first-order valence-corrected chi connectivity index (χ1v) is 7.82. The van der Waals surface area contributed by atoms with Crippen molar-refractivity contribution in [2.45, 2.75) is 19.6 Å². The molecular formula is C18H18ClNO4. The monoisotopic (exact) mass is 347 g/mol. The Kier molecular flexibility index (Phi) is 6.63. The lowest BCUT2D eigenvalue weighted by Crippen LogP contribution is -2.32. The maximum absolute atomic E-state index is 11.8. The summed E-state index contributed by atoms with van der Waals surface area (Å²) in [6.07, 6.45) is -0.826. The van der Waals surface area contributed by atoms with Gasteiger partial charge in [-0.2, -0.15) is 0 Å². The van der Waals surface area contributed by atoms with Crippen molar-refractivity contribution in [1.29, 1.82) is 0 Å². The molecule has 0 bridgehead atoms. The van der Waals surface area contributed by atoms with Gasteiger partial charge < -0.3 is 14.8 Å². The van der Waals surface area contributed by atoms with Crippen LogP contribution < -0.4 is 10.1 Å². The number of amides is 1. The first-order valence-electron chi connectivity index (χ1n) is 7.44. The van der Waals surface area contributed by atoms with E-state index in [0.29, 0.717) is 17.3 Å². The predicted molar refractivity (Wildman–Crippen MR) is 90.8 cm³/mol. The fraction of sp³-hybridized carbons (Fsp3) is 0.222. The van der Waals surface area contributed by atoms with Gasteiger partial charge in [0, 0.05) is 11.6 Å². The van der Waals surface area contributed by atoms with Crippen LogP contribution in [0.4, 0.5) is 0 Å². The van der Waals surface area contributed by atoms with E-state index in [1.165, 1.54) is 0 Å². The Morgan fingerprint density at radius 3 is 2.42 bits per heavy atom. The predicted octanol–water partition coefficient (Wildman–Crippen LogP) is 2.97. The Bertz CT molecular complexity index is 673. The highest BCUT2D eigenvalue weighted by molar-refractivity contribution is 6.30. The minimum Gasteiger partial charge on any atom is -0.479 e. The van der Waals surface area contributed by atoms with E-state index in [9.17, 15) is 9.59 Å². The van der Waals surface area contributed by atoms with Gasteiger partial charge in [0.1, 0.15) is 5.75 Å². The van der Waals surface area contributed by atoms with E-state index < -0.39 is 12.1 Å². The van der Waals surface area contributed by atoms with Crippen LogP contribution >= 0.6 is 11.6 Å². The first-order chi connectivity index (χ1) is 11.5. The third-order valence-electron chi connectivity index (χ3n) is 3.14. The smallest absolute Gasteiger partial charge is 0.347 e. The van der Waals surface area contributed by atoms with Crippen molar-refractivity contribution >= 4 is 23.5 Å². The summed E-state index contributed by atoms with van der Waals surface area (Å²) in [5.74, 6) is -0.483. The lowest BCUT2D eigenvalue weighted by atomic mass is 10.2. The highest BCUT2D eigenvalue weighted by Crippen LogP contribution is 2.17. The van der Waals surface area contributed by atoms with Gasteiger partial charge in [0.05, 0.1) is 0 Å². The van der Waals surface area contributed by atoms with Gasteiger partial charge in [-0.1, -0.05) is 41.9 Å². The molecule has 0 heterocycles. The molecule has 1 atom stereocenters. The van der Waals surface area contributed by atoms with Crippen molar-refractivity contribution in [3.8, 4) is 5.75 Å². The Labute approximate surface area is 145 Å². The molecule has 0 fully saturated rings. The average Bonchev–Trinajstić information content (AvgIpc) is 2.60. The number of carbonyl (C=O) groups excluding carboxylic acids is 2. The summed E-state index contributed by atoms with van der Waals surface area (Å²) >= 11 is 5.78. The van der Waals surface area contributed by atoms with Gasteiger partial charge in [-0.25, -0.2) is 4.79 Å². The number of hydrogen-bond donors (Lipinski definition) is 1. The lowest BCUT2D eigenvalue weighted by molar-refractivity contribution is -0.154. The molecule has 0 aliphatic rings. The largest absolute Gasteiger partial charge is 0.479 e. The minimum absolute atomic E-state index is 0.347. The minimum atomic E-state index is -0.826. The van der Waals surface area contributed by atoms with Crippen LogP contribution in [0.5, 0.6) is 5.75 Å². The number of rotatable bonds is 7. The van der Waals surface area contributed by atoms with Crippen molar-refractivity contribution in [1.82, 2.24) is 5.32 Å². The number of esters is 1.